The number of piperidine rings is 1. The summed E-state index contributed by atoms with van der Waals surface area (Å²) in [5, 5.41) is 2.94. The molecule has 0 radical (unpaired) electrons. The molecule has 1 amide bonds. The molecular weight excluding hydrogens is 398 g/mol. The third-order valence-electron chi connectivity index (χ3n) is 5.52. The first-order valence-electron chi connectivity index (χ1n) is 10.6. The average molecular weight is 430 g/mol. The summed E-state index contributed by atoms with van der Waals surface area (Å²) in [4.78, 5) is 15.0. The normalized spacial score (nSPS) is 15.6. The number of nitrogens with one attached hydrogen (secondary N) is 2. The molecule has 30 heavy (non-hydrogen) atoms. The van der Waals surface area contributed by atoms with Crippen molar-refractivity contribution >= 4 is 21.6 Å². The van der Waals surface area contributed by atoms with Crippen LogP contribution in [-0.2, 0) is 10.0 Å². The van der Waals surface area contributed by atoms with E-state index in [0.717, 1.165) is 25.3 Å². The molecule has 1 heterocycles. The number of sulfonamides is 1. The van der Waals surface area contributed by atoms with Crippen molar-refractivity contribution in [1.29, 1.82) is 0 Å². The summed E-state index contributed by atoms with van der Waals surface area (Å²) >= 11 is 0. The third kappa shape index (κ3) is 6.57. The number of rotatable bonds is 9. The average Bonchev–Trinajstić information content (AvgIpc) is 2.75. The molecule has 0 spiro atoms. The van der Waals surface area contributed by atoms with Gasteiger partial charge < -0.3 is 10.2 Å². The van der Waals surface area contributed by atoms with Crippen molar-refractivity contribution in [2.45, 2.75) is 37.5 Å². The lowest BCUT2D eigenvalue weighted by molar-refractivity contribution is 0.0952. The minimum atomic E-state index is -3.63. The Morgan fingerprint density at radius 3 is 2.33 bits per heavy atom. The maximum absolute atomic E-state index is 12.4. The lowest BCUT2D eigenvalue weighted by Crippen LogP contribution is -2.34. The Morgan fingerprint density at radius 2 is 1.67 bits per heavy atom. The Morgan fingerprint density at radius 1 is 1.00 bits per heavy atom. The molecule has 0 bridgehead atoms. The molecule has 0 aliphatic carbocycles. The van der Waals surface area contributed by atoms with Crippen molar-refractivity contribution < 1.29 is 13.2 Å². The SMILES string of the molecule is CC1CCN(CCCCNC(=O)c2ccc(NS(=O)(=O)c3ccccc3)cc2)CC1. The molecule has 2 aromatic rings. The van der Waals surface area contributed by atoms with Crippen molar-refractivity contribution in [3.63, 3.8) is 0 Å². The van der Waals surface area contributed by atoms with Gasteiger partial charge in [-0.2, -0.15) is 0 Å². The van der Waals surface area contributed by atoms with Gasteiger partial charge in [-0.25, -0.2) is 8.42 Å². The highest BCUT2D eigenvalue weighted by molar-refractivity contribution is 7.92. The summed E-state index contributed by atoms with van der Waals surface area (Å²) in [7, 11) is -3.63. The van der Waals surface area contributed by atoms with Gasteiger partial charge in [0.1, 0.15) is 0 Å². The van der Waals surface area contributed by atoms with Gasteiger partial charge in [-0.3, -0.25) is 9.52 Å². The summed E-state index contributed by atoms with van der Waals surface area (Å²) in [6, 6.07) is 14.7. The maximum Gasteiger partial charge on any atom is 0.261 e. The predicted molar refractivity (Wildman–Crippen MR) is 120 cm³/mol. The van der Waals surface area contributed by atoms with Crippen LogP contribution in [0.15, 0.2) is 59.5 Å². The highest BCUT2D eigenvalue weighted by atomic mass is 32.2. The number of amides is 1. The molecule has 1 saturated heterocycles. The van der Waals surface area contributed by atoms with Crippen LogP contribution in [0.5, 0.6) is 0 Å². The molecule has 3 rings (SSSR count). The van der Waals surface area contributed by atoms with Crippen LogP contribution < -0.4 is 10.0 Å². The van der Waals surface area contributed by atoms with Crippen LogP contribution in [0.3, 0.4) is 0 Å². The van der Waals surface area contributed by atoms with Gasteiger partial charge in [0, 0.05) is 17.8 Å². The summed E-state index contributed by atoms with van der Waals surface area (Å²) in [5.74, 6) is 0.708. The largest absolute Gasteiger partial charge is 0.352 e. The first kappa shape index (κ1) is 22.3. The number of anilines is 1. The van der Waals surface area contributed by atoms with E-state index < -0.39 is 10.0 Å². The number of carbonyl (C=O) groups is 1. The van der Waals surface area contributed by atoms with E-state index >= 15 is 0 Å². The van der Waals surface area contributed by atoms with Crippen LogP contribution in [0.2, 0.25) is 0 Å². The van der Waals surface area contributed by atoms with Crippen LogP contribution in [0.1, 0.15) is 43.0 Å². The maximum atomic E-state index is 12.4. The number of unbranched alkanes of at least 4 members (excludes halogenated alkanes) is 1. The minimum Gasteiger partial charge on any atom is -0.352 e. The zero-order chi connectivity index (χ0) is 21.4. The van der Waals surface area contributed by atoms with Crippen LogP contribution in [0, 0.1) is 5.92 Å². The van der Waals surface area contributed by atoms with Gasteiger partial charge in [0.05, 0.1) is 4.90 Å². The second-order valence-corrected chi connectivity index (χ2v) is 9.67. The number of hydrogen-bond donors (Lipinski definition) is 2. The molecule has 0 atom stereocenters. The predicted octanol–water partition coefficient (Wildman–Crippen LogP) is 3.73. The molecule has 2 aromatic carbocycles. The van der Waals surface area contributed by atoms with Crippen molar-refractivity contribution in [2.75, 3.05) is 30.9 Å². The van der Waals surface area contributed by atoms with Crippen molar-refractivity contribution in [1.82, 2.24) is 10.2 Å². The lowest BCUT2D eigenvalue weighted by atomic mass is 9.99. The monoisotopic (exact) mass is 429 g/mol. The number of hydrogen-bond acceptors (Lipinski definition) is 4. The van der Waals surface area contributed by atoms with Gasteiger partial charge in [0.2, 0.25) is 0 Å². The van der Waals surface area contributed by atoms with Crippen LogP contribution >= 0.6 is 0 Å². The Labute approximate surface area is 179 Å². The Balaban J connectivity index is 1.40. The number of nitrogens with zero attached hydrogens (tertiary/aromatic N) is 1. The van der Waals surface area contributed by atoms with E-state index in [9.17, 15) is 13.2 Å². The fourth-order valence-electron chi connectivity index (χ4n) is 3.55. The fourth-order valence-corrected chi connectivity index (χ4v) is 4.63. The minimum absolute atomic E-state index is 0.140. The first-order chi connectivity index (χ1) is 14.4. The number of benzene rings is 2. The first-order valence-corrected chi connectivity index (χ1v) is 12.1. The van der Waals surface area contributed by atoms with E-state index in [4.69, 9.17) is 0 Å². The molecule has 6 nitrogen and oxygen atoms in total. The molecule has 7 heteroatoms. The molecule has 162 valence electrons. The van der Waals surface area contributed by atoms with Crippen LogP contribution in [-0.4, -0.2) is 45.4 Å². The Hall–Kier alpha value is -2.38. The van der Waals surface area contributed by atoms with E-state index in [1.54, 1.807) is 42.5 Å². The highest BCUT2D eigenvalue weighted by Gasteiger charge is 2.15. The Bertz CT molecular complexity index is 906. The second kappa shape index (κ2) is 10.6. The number of likely N-dealkylation sites (tertiary alicyclic amines) is 1. The van der Waals surface area contributed by atoms with Gasteiger partial charge in [0.25, 0.3) is 15.9 Å². The van der Waals surface area contributed by atoms with E-state index in [1.165, 1.54) is 38.1 Å². The highest BCUT2D eigenvalue weighted by Crippen LogP contribution is 2.17. The molecular formula is C23H31N3O3S. The summed E-state index contributed by atoms with van der Waals surface area (Å²) in [6.45, 7) is 6.43. The second-order valence-electron chi connectivity index (χ2n) is 7.98. The molecule has 0 unspecified atom stereocenters. The van der Waals surface area contributed by atoms with Crippen molar-refractivity contribution in [2.24, 2.45) is 5.92 Å². The summed E-state index contributed by atoms with van der Waals surface area (Å²) in [6.07, 6.45) is 4.60. The van der Waals surface area contributed by atoms with Crippen LogP contribution in [0.4, 0.5) is 5.69 Å². The zero-order valence-electron chi connectivity index (χ0n) is 17.5. The summed E-state index contributed by atoms with van der Waals surface area (Å²) in [5.41, 5.74) is 0.939. The smallest absolute Gasteiger partial charge is 0.261 e. The molecule has 2 N–H and O–H groups in total. The Kier molecular flexibility index (Phi) is 7.87. The molecule has 1 aliphatic heterocycles. The van der Waals surface area contributed by atoms with E-state index in [2.05, 4.69) is 21.9 Å². The van der Waals surface area contributed by atoms with Gasteiger partial charge in [0.15, 0.2) is 0 Å². The van der Waals surface area contributed by atoms with Gasteiger partial charge >= 0.3 is 0 Å². The molecule has 1 fully saturated rings. The summed E-state index contributed by atoms with van der Waals surface area (Å²) < 4.78 is 27.2. The standard InChI is InChI=1S/C23H31N3O3S/c1-19-13-17-26(18-14-19)16-6-5-15-24-23(27)20-9-11-21(12-10-20)25-30(28,29)22-7-3-2-4-8-22/h2-4,7-12,19,25H,5-6,13-18H2,1H3,(H,24,27). The van der Waals surface area contributed by atoms with E-state index in [-0.39, 0.29) is 10.8 Å². The van der Waals surface area contributed by atoms with Crippen molar-refractivity contribution in [3.8, 4) is 0 Å². The van der Waals surface area contributed by atoms with Gasteiger partial charge in [-0.05, 0) is 87.6 Å². The lowest BCUT2D eigenvalue weighted by Gasteiger charge is -2.30. The van der Waals surface area contributed by atoms with Crippen molar-refractivity contribution in [3.05, 3.63) is 60.2 Å². The van der Waals surface area contributed by atoms with Gasteiger partial charge in [-0.1, -0.05) is 25.1 Å². The van der Waals surface area contributed by atoms with Gasteiger partial charge in [-0.15, -0.1) is 0 Å². The number of carbonyl (C=O) groups excluding carboxylic acids is 1. The third-order valence-corrected chi connectivity index (χ3v) is 6.91. The topological polar surface area (TPSA) is 78.5 Å². The quantitative estimate of drug-likeness (QED) is 0.596. The molecule has 1 aliphatic rings. The molecule has 0 aromatic heterocycles. The van der Waals surface area contributed by atoms with Crippen LogP contribution in [0.25, 0.3) is 0 Å². The zero-order valence-corrected chi connectivity index (χ0v) is 18.3. The van der Waals surface area contributed by atoms with E-state index in [0.29, 0.717) is 17.8 Å². The van der Waals surface area contributed by atoms with E-state index in [1.807, 2.05) is 0 Å². The molecule has 0 saturated carbocycles. The fraction of sp³-hybridized carbons (Fsp3) is 0.435.